The van der Waals surface area contributed by atoms with Crippen molar-refractivity contribution in [3.63, 3.8) is 0 Å². The highest BCUT2D eigenvalue weighted by Gasteiger charge is 2.29. The van der Waals surface area contributed by atoms with Crippen LogP contribution in [0, 0.1) is 16.0 Å². The fourth-order valence-electron chi connectivity index (χ4n) is 1.55. The van der Waals surface area contributed by atoms with Crippen molar-refractivity contribution >= 4 is 17.6 Å². The number of hydrogen-bond acceptors (Lipinski definition) is 5. The molecule has 1 aromatic heterocycles. The number of imidazole rings is 1. The minimum absolute atomic E-state index is 0.104. The molecule has 0 aliphatic rings. The van der Waals surface area contributed by atoms with Gasteiger partial charge in [-0.3, -0.25) is 4.57 Å². The van der Waals surface area contributed by atoms with Crippen LogP contribution in [0.15, 0.2) is 6.33 Å². The molecule has 0 unspecified atom stereocenters. The number of carboxylic acids is 1. The molecule has 0 aliphatic heterocycles. The van der Waals surface area contributed by atoms with Gasteiger partial charge in [0.2, 0.25) is 12.1 Å². The van der Waals surface area contributed by atoms with E-state index in [0.29, 0.717) is 6.42 Å². The number of aryl methyl sites for hydroxylation is 1. The van der Waals surface area contributed by atoms with Gasteiger partial charge >= 0.3 is 11.8 Å². The summed E-state index contributed by atoms with van der Waals surface area (Å²) in [5.41, 5.74) is 0. The molecule has 0 fully saturated rings. The first-order valence-corrected chi connectivity index (χ1v) is 5.53. The lowest BCUT2D eigenvalue weighted by Gasteiger charge is -2.20. The van der Waals surface area contributed by atoms with Crippen LogP contribution in [0.25, 0.3) is 0 Å². The largest absolute Gasteiger partial charge is 0.480 e. The Morgan fingerprint density at radius 3 is 2.78 bits per heavy atom. The lowest BCUT2D eigenvalue weighted by Crippen LogP contribution is -2.36. The van der Waals surface area contributed by atoms with Crippen LogP contribution in [-0.4, -0.2) is 31.6 Å². The third-order valence-corrected chi connectivity index (χ3v) is 2.86. The Morgan fingerprint density at radius 1 is 1.72 bits per heavy atom. The molecule has 1 heterocycles. The number of nitro groups is 1. The van der Waals surface area contributed by atoms with E-state index in [0.717, 1.165) is 0 Å². The zero-order chi connectivity index (χ0) is 13.9. The van der Waals surface area contributed by atoms with Gasteiger partial charge in [0.15, 0.2) is 0 Å². The van der Waals surface area contributed by atoms with Gasteiger partial charge in [0.25, 0.3) is 0 Å². The Bertz CT molecular complexity index is 457. The van der Waals surface area contributed by atoms with Gasteiger partial charge in [0.05, 0.1) is 0 Å². The second-order valence-corrected chi connectivity index (χ2v) is 4.13. The molecule has 100 valence electrons. The van der Waals surface area contributed by atoms with E-state index in [1.54, 1.807) is 14.0 Å². The number of carboxylic acid groups (broad SMARTS) is 1. The molecule has 0 saturated carbocycles. The van der Waals surface area contributed by atoms with Crippen molar-refractivity contribution < 1.29 is 14.8 Å². The smallest absolute Gasteiger partial charge is 0.406 e. The van der Waals surface area contributed by atoms with Crippen LogP contribution >= 0.6 is 0 Å². The van der Waals surface area contributed by atoms with Crippen LogP contribution in [0.3, 0.4) is 0 Å². The third-order valence-electron chi connectivity index (χ3n) is 2.86. The minimum Gasteiger partial charge on any atom is -0.480 e. The summed E-state index contributed by atoms with van der Waals surface area (Å²) in [6, 6.07) is -0.885. The second-order valence-electron chi connectivity index (χ2n) is 4.13. The molecule has 1 rings (SSSR count). The maximum Gasteiger partial charge on any atom is 0.406 e. The Labute approximate surface area is 104 Å². The van der Waals surface area contributed by atoms with Crippen molar-refractivity contribution in [3.8, 4) is 0 Å². The molecule has 0 spiro atoms. The van der Waals surface area contributed by atoms with Gasteiger partial charge in [-0.1, -0.05) is 20.3 Å². The number of hydrogen-bond donors (Lipinski definition) is 2. The Balaban J connectivity index is 3.04. The highest BCUT2D eigenvalue weighted by molar-refractivity contribution is 5.78. The molecule has 2 N–H and O–H groups in total. The number of nitrogens with zero attached hydrogens (tertiary/aromatic N) is 3. The van der Waals surface area contributed by atoms with Gasteiger partial charge in [0.1, 0.15) is 6.04 Å². The summed E-state index contributed by atoms with van der Waals surface area (Å²) in [5.74, 6) is -1.46. The molecular weight excluding hydrogens is 240 g/mol. The number of aliphatic carboxylic acids is 1. The van der Waals surface area contributed by atoms with Gasteiger partial charge < -0.3 is 20.5 Å². The summed E-state index contributed by atoms with van der Waals surface area (Å²) in [6.07, 6.45) is 1.92. The molecule has 1 aromatic rings. The summed E-state index contributed by atoms with van der Waals surface area (Å²) >= 11 is 0. The number of aromatic nitrogens is 2. The fraction of sp³-hybridized carbons (Fsp3) is 0.600. The van der Waals surface area contributed by atoms with Crippen molar-refractivity contribution in [2.75, 3.05) is 5.32 Å². The average Bonchev–Trinajstić information content (AvgIpc) is 2.66. The Hall–Kier alpha value is -2.12. The van der Waals surface area contributed by atoms with Crippen molar-refractivity contribution in [3.05, 3.63) is 16.4 Å². The molecule has 8 nitrogen and oxygen atoms in total. The van der Waals surface area contributed by atoms with Crippen LogP contribution in [0.2, 0.25) is 0 Å². The Morgan fingerprint density at radius 2 is 2.33 bits per heavy atom. The molecule has 0 radical (unpaired) electrons. The first-order chi connectivity index (χ1) is 8.38. The van der Waals surface area contributed by atoms with Crippen LogP contribution < -0.4 is 5.32 Å². The average molecular weight is 256 g/mol. The molecule has 0 amide bonds. The van der Waals surface area contributed by atoms with Gasteiger partial charge in [-0.05, 0) is 15.8 Å². The van der Waals surface area contributed by atoms with Crippen LogP contribution in [0.5, 0.6) is 0 Å². The van der Waals surface area contributed by atoms with Gasteiger partial charge in [-0.25, -0.2) is 4.79 Å². The van der Waals surface area contributed by atoms with E-state index in [2.05, 4.69) is 10.3 Å². The van der Waals surface area contributed by atoms with Crippen LogP contribution in [0.4, 0.5) is 11.6 Å². The van der Waals surface area contributed by atoms with E-state index in [9.17, 15) is 14.9 Å². The SMILES string of the molecule is CC[C@H](C)[C@H](Nc1c([N+](=O)[O-])ncn1C)C(=O)O. The van der Waals surface area contributed by atoms with Crippen molar-refractivity contribution in [2.45, 2.75) is 26.3 Å². The maximum atomic E-state index is 11.2. The van der Waals surface area contributed by atoms with E-state index in [4.69, 9.17) is 5.11 Å². The minimum atomic E-state index is -1.04. The van der Waals surface area contributed by atoms with Gasteiger partial charge in [-0.2, -0.15) is 0 Å². The van der Waals surface area contributed by atoms with Crippen molar-refractivity contribution in [1.82, 2.24) is 9.55 Å². The van der Waals surface area contributed by atoms with Crippen LogP contribution in [0.1, 0.15) is 20.3 Å². The predicted molar refractivity (Wildman–Crippen MR) is 64.4 cm³/mol. The van der Waals surface area contributed by atoms with E-state index in [1.165, 1.54) is 10.9 Å². The normalized spacial score (nSPS) is 13.9. The highest BCUT2D eigenvalue weighted by atomic mass is 16.6. The maximum absolute atomic E-state index is 11.2. The summed E-state index contributed by atoms with van der Waals surface area (Å²) in [5, 5.41) is 22.6. The lowest BCUT2D eigenvalue weighted by molar-refractivity contribution is -0.388. The predicted octanol–water partition coefficient (Wildman–Crippen LogP) is 1.24. The van der Waals surface area contributed by atoms with E-state index in [1.807, 2.05) is 6.92 Å². The Kier molecular flexibility index (Phi) is 4.24. The molecule has 2 atom stereocenters. The molecule has 8 heteroatoms. The summed E-state index contributed by atoms with van der Waals surface area (Å²) in [6.45, 7) is 3.63. The number of rotatable bonds is 6. The van der Waals surface area contributed by atoms with Crippen molar-refractivity contribution in [2.24, 2.45) is 13.0 Å². The zero-order valence-corrected chi connectivity index (χ0v) is 10.5. The van der Waals surface area contributed by atoms with Crippen molar-refractivity contribution in [1.29, 1.82) is 0 Å². The molecule has 0 aromatic carbocycles. The molecule has 0 bridgehead atoms. The monoisotopic (exact) mass is 256 g/mol. The molecule has 18 heavy (non-hydrogen) atoms. The summed E-state index contributed by atoms with van der Waals surface area (Å²) in [7, 11) is 1.57. The molecular formula is C10H16N4O4. The van der Waals surface area contributed by atoms with Gasteiger partial charge in [-0.15, -0.1) is 0 Å². The molecule has 0 aliphatic carbocycles. The molecule has 0 saturated heterocycles. The first kappa shape index (κ1) is 13.9. The number of anilines is 1. The second kappa shape index (κ2) is 5.48. The van der Waals surface area contributed by atoms with E-state index < -0.39 is 16.9 Å². The first-order valence-electron chi connectivity index (χ1n) is 5.53. The van der Waals surface area contributed by atoms with E-state index in [-0.39, 0.29) is 17.6 Å². The quantitative estimate of drug-likeness (QED) is 0.585. The van der Waals surface area contributed by atoms with Gasteiger partial charge in [0, 0.05) is 7.05 Å². The zero-order valence-electron chi connectivity index (χ0n) is 10.5. The number of nitrogens with one attached hydrogen (secondary N) is 1. The number of carbonyl (C=O) groups is 1. The summed E-state index contributed by atoms with van der Waals surface area (Å²) in [4.78, 5) is 24.9. The fourth-order valence-corrected chi connectivity index (χ4v) is 1.55. The topological polar surface area (TPSA) is 110 Å². The third kappa shape index (κ3) is 2.76. The van der Waals surface area contributed by atoms with Crippen LogP contribution in [-0.2, 0) is 11.8 Å². The standard InChI is InChI=1S/C10H16N4O4/c1-4-6(2)7(10(15)16)12-9-8(14(17)18)11-5-13(9)3/h5-7,12H,4H2,1-3H3,(H,15,16)/t6-,7-/m0/s1. The van der Waals surface area contributed by atoms with E-state index >= 15 is 0 Å². The summed E-state index contributed by atoms with van der Waals surface area (Å²) < 4.78 is 1.40. The highest BCUT2D eigenvalue weighted by Crippen LogP contribution is 2.24. The lowest BCUT2D eigenvalue weighted by atomic mass is 9.99.